The van der Waals surface area contributed by atoms with Gasteiger partial charge in [0.1, 0.15) is 5.75 Å². The zero-order valence-electron chi connectivity index (χ0n) is 13.2. The number of methoxy groups -OCH3 is 1. The van der Waals surface area contributed by atoms with Crippen LogP contribution in [-0.4, -0.2) is 49.8 Å². The number of rotatable bonds is 6. The normalized spacial score (nSPS) is 15.3. The monoisotopic (exact) mass is 344 g/mol. The smallest absolute Gasteiger partial charge is 0.223 e. The van der Waals surface area contributed by atoms with Crippen LogP contribution in [0.1, 0.15) is 19.3 Å². The number of halogens is 1. The largest absolute Gasteiger partial charge is 0.497 e. The summed E-state index contributed by atoms with van der Waals surface area (Å²) in [6, 6.07) is 8.54. The van der Waals surface area contributed by atoms with Gasteiger partial charge >= 0.3 is 0 Å². The molecule has 4 nitrogen and oxygen atoms in total. The topological polar surface area (TPSA) is 41.6 Å². The van der Waals surface area contributed by atoms with Crippen molar-refractivity contribution in [3.05, 3.63) is 24.3 Å². The summed E-state index contributed by atoms with van der Waals surface area (Å²) in [5.74, 6) is 1.98. The van der Waals surface area contributed by atoms with Crippen LogP contribution in [0.5, 0.6) is 5.75 Å². The van der Waals surface area contributed by atoms with E-state index in [1.165, 1.54) is 4.90 Å². The van der Waals surface area contributed by atoms with Crippen LogP contribution in [0.3, 0.4) is 0 Å². The van der Waals surface area contributed by atoms with Crippen molar-refractivity contribution in [1.29, 1.82) is 0 Å². The third kappa shape index (κ3) is 5.71. The van der Waals surface area contributed by atoms with Crippen LogP contribution in [0, 0.1) is 0 Å². The summed E-state index contributed by atoms with van der Waals surface area (Å²) in [4.78, 5) is 15.3. The number of hydrogen-bond donors (Lipinski definition) is 1. The summed E-state index contributed by atoms with van der Waals surface area (Å²) < 4.78 is 5.13. The van der Waals surface area contributed by atoms with Crippen molar-refractivity contribution in [1.82, 2.24) is 10.2 Å². The summed E-state index contributed by atoms with van der Waals surface area (Å²) in [7, 11) is 3.66. The molecule has 1 fully saturated rings. The van der Waals surface area contributed by atoms with Crippen molar-refractivity contribution < 1.29 is 9.53 Å². The van der Waals surface area contributed by atoms with E-state index >= 15 is 0 Å². The van der Waals surface area contributed by atoms with Gasteiger partial charge in [-0.1, -0.05) is 0 Å². The maximum Gasteiger partial charge on any atom is 0.223 e. The van der Waals surface area contributed by atoms with Crippen molar-refractivity contribution in [3.8, 4) is 5.75 Å². The Balaban J connectivity index is 0.00000242. The Hall–Kier alpha value is -0.910. The second kappa shape index (κ2) is 9.98. The number of thioether (sulfide) groups is 1. The summed E-state index contributed by atoms with van der Waals surface area (Å²) in [5, 5.41) is 3.29. The van der Waals surface area contributed by atoms with E-state index in [1.807, 2.05) is 36.2 Å². The molecule has 0 aromatic heterocycles. The first kappa shape index (κ1) is 19.1. The van der Waals surface area contributed by atoms with Crippen LogP contribution >= 0.6 is 24.2 Å². The van der Waals surface area contributed by atoms with Crippen molar-refractivity contribution in [3.63, 3.8) is 0 Å². The number of benzene rings is 1. The molecular formula is C16H25ClN2O2S. The summed E-state index contributed by atoms with van der Waals surface area (Å²) in [5.41, 5.74) is 0. The molecule has 22 heavy (non-hydrogen) atoms. The highest BCUT2D eigenvalue weighted by Crippen LogP contribution is 2.22. The lowest BCUT2D eigenvalue weighted by Gasteiger charge is -2.31. The van der Waals surface area contributed by atoms with Gasteiger partial charge in [-0.3, -0.25) is 4.79 Å². The van der Waals surface area contributed by atoms with E-state index < -0.39 is 0 Å². The molecule has 0 radical (unpaired) electrons. The molecule has 0 aliphatic carbocycles. The lowest BCUT2D eigenvalue weighted by Crippen LogP contribution is -2.44. The first-order valence-electron chi connectivity index (χ1n) is 7.45. The molecule has 0 spiro atoms. The summed E-state index contributed by atoms with van der Waals surface area (Å²) in [6.45, 7) is 1.77. The van der Waals surface area contributed by atoms with Crippen molar-refractivity contribution >= 4 is 30.1 Å². The zero-order valence-corrected chi connectivity index (χ0v) is 14.8. The number of hydrogen-bond acceptors (Lipinski definition) is 4. The summed E-state index contributed by atoms with van der Waals surface area (Å²) >= 11 is 1.72. The van der Waals surface area contributed by atoms with Crippen LogP contribution in [0.15, 0.2) is 29.2 Å². The van der Waals surface area contributed by atoms with Crippen LogP contribution < -0.4 is 10.1 Å². The lowest BCUT2D eigenvalue weighted by molar-refractivity contribution is -0.131. The number of likely N-dealkylation sites (tertiary alicyclic amines) is 1. The zero-order chi connectivity index (χ0) is 15.1. The van der Waals surface area contributed by atoms with E-state index in [1.54, 1.807) is 18.9 Å². The molecular weight excluding hydrogens is 320 g/mol. The van der Waals surface area contributed by atoms with Crippen molar-refractivity contribution in [2.45, 2.75) is 30.2 Å². The van der Waals surface area contributed by atoms with Gasteiger partial charge in [0.25, 0.3) is 0 Å². The molecule has 124 valence electrons. The fourth-order valence-electron chi connectivity index (χ4n) is 2.50. The summed E-state index contributed by atoms with van der Waals surface area (Å²) in [6.07, 6.45) is 2.74. The van der Waals surface area contributed by atoms with Crippen molar-refractivity contribution in [2.24, 2.45) is 0 Å². The number of nitrogens with zero attached hydrogens (tertiary/aromatic N) is 1. The fraction of sp³-hybridized carbons (Fsp3) is 0.562. The molecule has 2 rings (SSSR count). The number of amides is 1. The van der Waals surface area contributed by atoms with Gasteiger partial charge in [0.2, 0.25) is 5.91 Å². The minimum atomic E-state index is 0. The molecule has 1 aromatic rings. The molecule has 0 bridgehead atoms. The number of carbonyl (C=O) groups excluding carboxylic acids is 1. The standard InChI is InChI=1S/C16H24N2O2S.ClH/c1-17-13-7-10-18(11-8-13)16(19)9-12-21-15-5-3-14(20-2)4-6-15;/h3-6,13,17H,7-12H2,1-2H3;1H. The van der Waals surface area contributed by atoms with E-state index in [2.05, 4.69) is 5.32 Å². The molecule has 1 aliphatic rings. The molecule has 1 aliphatic heterocycles. The van der Waals surface area contributed by atoms with Gasteiger partial charge in [-0.2, -0.15) is 0 Å². The SMILES string of the molecule is CNC1CCN(C(=O)CCSc2ccc(OC)cc2)CC1.Cl. The fourth-order valence-corrected chi connectivity index (χ4v) is 3.34. The third-order valence-electron chi connectivity index (χ3n) is 3.90. The number of nitrogens with one attached hydrogen (secondary N) is 1. The molecule has 0 saturated carbocycles. The van der Waals surface area contributed by atoms with Gasteiger partial charge in [0.05, 0.1) is 7.11 Å². The molecule has 1 saturated heterocycles. The Labute approximate surface area is 143 Å². The van der Waals surface area contributed by atoms with Crippen LogP contribution in [0.25, 0.3) is 0 Å². The van der Waals surface area contributed by atoms with Crippen LogP contribution in [-0.2, 0) is 4.79 Å². The number of carbonyl (C=O) groups is 1. The predicted octanol–water partition coefficient (Wildman–Crippen LogP) is 2.81. The lowest BCUT2D eigenvalue weighted by atomic mass is 10.1. The second-order valence-electron chi connectivity index (χ2n) is 5.22. The minimum absolute atomic E-state index is 0. The van der Waals surface area contributed by atoms with Gasteiger partial charge in [0, 0.05) is 36.2 Å². The van der Waals surface area contributed by atoms with E-state index in [0.29, 0.717) is 12.5 Å². The molecule has 1 heterocycles. The Bertz CT molecular complexity index is 448. The Kier molecular flexibility index (Phi) is 8.68. The molecule has 0 atom stereocenters. The van der Waals surface area contributed by atoms with Crippen LogP contribution in [0.2, 0.25) is 0 Å². The molecule has 1 aromatic carbocycles. The highest BCUT2D eigenvalue weighted by Gasteiger charge is 2.21. The quantitative estimate of drug-likeness (QED) is 0.806. The minimum Gasteiger partial charge on any atom is -0.497 e. The molecule has 1 N–H and O–H groups in total. The van der Waals surface area contributed by atoms with Gasteiger partial charge in [-0.05, 0) is 44.2 Å². The Morgan fingerprint density at radius 1 is 1.32 bits per heavy atom. The number of ether oxygens (including phenoxy) is 1. The Morgan fingerprint density at radius 3 is 2.50 bits per heavy atom. The molecule has 1 amide bonds. The van der Waals surface area contributed by atoms with Gasteiger partial charge in [0.15, 0.2) is 0 Å². The second-order valence-corrected chi connectivity index (χ2v) is 6.39. The van der Waals surface area contributed by atoms with E-state index in [0.717, 1.165) is 37.4 Å². The Morgan fingerprint density at radius 2 is 1.95 bits per heavy atom. The van der Waals surface area contributed by atoms with Crippen LogP contribution in [0.4, 0.5) is 0 Å². The first-order chi connectivity index (χ1) is 10.2. The first-order valence-corrected chi connectivity index (χ1v) is 8.43. The maximum atomic E-state index is 12.2. The van der Waals surface area contributed by atoms with E-state index in [4.69, 9.17) is 4.74 Å². The number of piperidine rings is 1. The third-order valence-corrected chi connectivity index (χ3v) is 4.91. The highest BCUT2D eigenvalue weighted by molar-refractivity contribution is 7.99. The van der Waals surface area contributed by atoms with Crippen molar-refractivity contribution in [2.75, 3.05) is 33.0 Å². The van der Waals surface area contributed by atoms with E-state index in [9.17, 15) is 4.79 Å². The van der Waals surface area contributed by atoms with Gasteiger partial charge < -0.3 is 15.0 Å². The maximum absolute atomic E-state index is 12.2. The average Bonchev–Trinajstić information content (AvgIpc) is 2.55. The average molecular weight is 345 g/mol. The molecule has 0 unspecified atom stereocenters. The highest BCUT2D eigenvalue weighted by atomic mass is 35.5. The van der Waals surface area contributed by atoms with E-state index in [-0.39, 0.29) is 18.3 Å². The van der Waals surface area contributed by atoms with Gasteiger partial charge in [-0.15, -0.1) is 24.2 Å². The molecule has 6 heteroatoms. The predicted molar refractivity (Wildman–Crippen MR) is 94.2 cm³/mol. The van der Waals surface area contributed by atoms with Gasteiger partial charge in [-0.25, -0.2) is 0 Å².